The number of aryl methyl sites for hydroxylation is 1. The average Bonchev–Trinajstić information content (AvgIpc) is 3.14. The van der Waals surface area contributed by atoms with Crippen molar-refractivity contribution in [3.05, 3.63) is 70.3 Å². The summed E-state index contributed by atoms with van der Waals surface area (Å²) in [4.78, 5) is 15.7. The Kier molecular flexibility index (Phi) is 8.54. The van der Waals surface area contributed by atoms with E-state index in [-0.39, 0.29) is 35.3 Å². The van der Waals surface area contributed by atoms with Crippen molar-refractivity contribution in [3.8, 4) is 5.75 Å². The van der Waals surface area contributed by atoms with Gasteiger partial charge in [0, 0.05) is 36.2 Å². The normalized spacial score (nSPS) is 34.0. The van der Waals surface area contributed by atoms with Gasteiger partial charge in [0.05, 0.1) is 24.2 Å². The second-order valence-corrected chi connectivity index (χ2v) is 15.8. The van der Waals surface area contributed by atoms with Gasteiger partial charge < -0.3 is 19.5 Å². The van der Waals surface area contributed by atoms with Crippen LogP contribution < -0.4 is 14.4 Å². The summed E-state index contributed by atoms with van der Waals surface area (Å²) in [7, 11) is -2.32. The smallest absolute Gasteiger partial charge is 0.264 e. The molecule has 0 radical (unpaired) electrons. The predicted octanol–water partition coefficient (Wildman–Crippen LogP) is 5.26. The summed E-state index contributed by atoms with van der Waals surface area (Å²) in [6, 6.07) is 11.4. The van der Waals surface area contributed by atoms with Gasteiger partial charge >= 0.3 is 0 Å². The number of carbonyl (C=O) groups excluding carboxylic acids is 1. The van der Waals surface area contributed by atoms with Gasteiger partial charge in [0.15, 0.2) is 0 Å². The summed E-state index contributed by atoms with van der Waals surface area (Å²) in [5.41, 5.74) is 2.38. The summed E-state index contributed by atoms with van der Waals surface area (Å²) in [6.45, 7) is 5.14. The molecule has 2 N–H and O–H groups in total. The van der Waals surface area contributed by atoms with Gasteiger partial charge in [0.2, 0.25) is 10.0 Å². The van der Waals surface area contributed by atoms with Crippen LogP contribution in [0.15, 0.2) is 48.6 Å². The SMILES string of the molecule is CO[C@@]1(CO)/C=C/C[C@H](C)[C@@H](C)S(=O)(=O)NC(=O)c2ccc3c(c2)N(C[C@@H]2CC[C@H]21)C[C@@]1(CCCc2cc(Cl)ccc21)CO3. The van der Waals surface area contributed by atoms with Crippen LogP contribution in [0, 0.1) is 17.8 Å². The molecule has 1 saturated carbocycles. The molecule has 1 amide bonds. The number of ether oxygens (including phenoxy) is 2. The summed E-state index contributed by atoms with van der Waals surface area (Å²) in [5.74, 6) is 0.0543. The van der Waals surface area contributed by atoms with E-state index in [0.29, 0.717) is 31.9 Å². The molecule has 0 saturated heterocycles. The number of halogens is 1. The number of allylic oxidation sites excluding steroid dienone is 1. The Morgan fingerprint density at radius 2 is 2.00 bits per heavy atom. The van der Waals surface area contributed by atoms with Gasteiger partial charge in [-0.2, -0.15) is 0 Å². The highest BCUT2D eigenvalue weighted by Gasteiger charge is 2.49. The molecular formula is C34H43ClN2O6S. The number of anilines is 1. The van der Waals surface area contributed by atoms with E-state index in [1.165, 1.54) is 11.1 Å². The molecular weight excluding hydrogens is 600 g/mol. The largest absolute Gasteiger partial charge is 0.490 e. The number of carbonyl (C=O) groups is 1. The van der Waals surface area contributed by atoms with Crippen molar-refractivity contribution in [3.63, 3.8) is 0 Å². The van der Waals surface area contributed by atoms with Gasteiger partial charge in [0.25, 0.3) is 5.91 Å². The summed E-state index contributed by atoms with van der Waals surface area (Å²) in [5, 5.41) is 10.6. The number of hydrogen-bond acceptors (Lipinski definition) is 7. The second-order valence-electron chi connectivity index (χ2n) is 13.3. The van der Waals surface area contributed by atoms with Gasteiger partial charge in [0.1, 0.15) is 11.4 Å². The van der Waals surface area contributed by atoms with Gasteiger partial charge in [-0.05, 0) is 105 Å². The molecule has 2 aliphatic heterocycles. The van der Waals surface area contributed by atoms with Crippen LogP contribution in [0.1, 0.15) is 67.4 Å². The minimum absolute atomic E-state index is 0.0746. The molecule has 6 rings (SSSR count). The van der Waals surface area contributed by atoms with Crippen molar-refractivity contribution in [1.29, 1.82) is 0 Å². The van der Waals surface area contributed by atoms with Crippen LogP contribution in [-0.4, -0.2) is 63.7 Å². The molecule has 1 fully saturated rings. The summed E-state index contributed by atoms with van der Waals surface area (Å²) < 4.78 is 41.5. The Morgan fingerprint density at radius 3 is 2.73 bits per heavy atom. The van der Waals surface area contributed by atoms with Crippen LogP contribution in [0.4, 0.5) is 5.69 Å². The maximum Gasteiger partial charge on any atom is 0.264 e. The lowest BCUT2D eigenvalue weighted by atomic mass is 9.64. The van der Waals surface area contributed by atoms with Crippen molar-refractivity contribution in [1.82, 2.24) is 4.72 Å². The monoisotopic (exact) mass is 642 g/mol. The number of nitrogens with one attached hydrogen (secondary N) is 1. The highest BCUT2D eigenvalue weighted by atomic mass is 35.5. The topological polar surface area (TPSA) is 105 Å². The second kappa shape index (κ2) is 12.0. The Hall–Kier alpha value is -2.59. The average molecular weight is 643 g/mol. The summed E-state index contributed by atoms with van der Waals surface area (Å²) in [6.07, 6.45) is 9.15. The molecule has 238 valence electrons. The quantitative estimate of drug-likeness (QED) is 0.431. The van der Waals surface area contributed by atoms with E-state index in [1.807, 2.05) is 25.1 Å². The third-order valence-electron chi connectivity index (χ3n) is 10.9. The van der Waals surface area contributed by atoms with Gasteiger partial charge in [-0.25, -0.2) is 13.1 Å². The number of methoxy groups -OCH3 is 1. The lowest BCUT2D eigenvalue weighted by molar-refractivity contribution is -0.103. The van der Waals surface area contributed by atoms with Crippen LogP contribution in [0.25, 0.3) is 0 Å². The first-order valence-electron chi connectivity index (χ1n) is 15.7. The molecule has 2 aromatic rings. The highest BCUT2D eigenvalue weighted by molar-refractivity contribution is 7.90. The Morgan fingerprint density at radius 1 is 1.18 bits per heavy atom. The molecule has 2 aromatic carbocycles. The third-order valence-corrected chi connectivity index (χ3v) is 13.0. The number of sulfonamides is 1. The van der Waals surface area contributed by atoms with E-state index in [0.717, 1.165) is 42.8 Å². The first-order valence-corrected chi connectivity index (χ1v) is 17.6. The number of fused-ring (bicyclic) bond motifs is 4. The number of aliphatic hydroxyl groups excluding tert-OH is 1. The Bertz CT molecular complexity index is 1560. The predicted molar refractivity (Wildman–Crippen MR) is 172 cm³/mol. The molecule has 2 bridgehead atoms. The molecule has 0 unspecified atom stereocenters. The fourth-order valence-electron chi connectivity index (χ4n) is 7.81. The molecule has 6 atom stereocenters. The molecule has 10 heteroatoms. The molecule has 2 aliphatic carbocycles. The standard InChI is InChI=1S/C34H43ClN2O6S/c1-22-6-4-15-34(20-38,42-3)29-11-8-26(29)18-37-19-33(14-5-7-24-16-27(35)10-12-28(24)33)21-43-31-13-9-25(17-30(31)37)32(39)36-44(40,41)23(22)2/h4,9-10,12-13,15-17,22-23,26,29,38H,5-8,11,14,18-21H2,1-3H3,(H,36,39)/b15-4+/t22-,23+,26-,29+,33-,34+/m0/s1. The van der Waals surface area contributed by atoms with Gasteiger partial charge in [-0.1, -0.05) is 36.7 Å². The van der Waals surface area contributed by atoms with E-state index in [1.54, 1.807) is 32.2 Å². The van der Waals surface area contributed by atoms with Crippen molar-refractivity contribution in [2.75, 3.05) is 38.3 Å². The van der Waals surface area contributed by atoms with Crippen LogP contribution in [-0.2, 0) is 26.6 Å². The lowest BCUT2D eigenvalue weighted by Gasteiger charge is -2.50. The van der Waals surface area contributed by atoms with Crippen LogP contribution in [0.5, 0.6) is 5.75 Å². The molecule has 2 heterocycles. The third kappa shape index (κ3) is 5.54. The van der Waals surface area contributed by atoms with Crippen LogP contribution >= 0.6 is 11.6 Å². The van der Waals surface area contributed by atoms with Gasteiger partial charge in [-0.3, -0.25) is 4.79 Å². The molecule has 0 aromatic heterocycles. The Labute approximate surface area is 265 Å². The molecule has 4 aliphatic rings. The maximum atomic E-state index is 13.4. The van der Waals surface area contributed by atoms with E-state index in [2.05, 4.69) is 21.8 Å². The number of rotatable bonds is 2. The fourth-order valence-corrected chi connectivity index (χ4v) is 9.29. The number of benzene rings is 2. The fraction of sp³-hybridized carbons (Fsp3) is 0.559. The zero-order valence-electron chi connectivity index (χ0n) is 25.7. The maximum absolute atomic E-state index is 13.4. The molecule has 8 nitrogen and oxygen atoms in total. The van der Waals surface area contributed by atoms with Crippen LogP contribution in [0.2, 0.25) is 5.02 Å². The van der Waals surface area contributed by atoms with E-state index in [9.17, 15) is 18.3 Å². The lowest BCUT2D eigenvalue weighted by Crippen LogP contribution is -2.54. The van der Waals surface area contributed by atoms with E-state index in [4.69, 9.17) is 21.1 Å². The van der Waals surface area contributed by atoms with Gasteiger partial charge in [-0.15, -0.1) is 0 Å². The number of nitrogens with zero attached hydrogens (tertiary/aromatic N) is 1. The Balaban J connectivity index is 1.46. The first-order chi connectivity index (χ1) is 21.0. The van der Waals surface area contributed by atoms with E-state index >= 15 is 0 Å². The number of hydrogen-bond donors (Lipinski definition) is 2. The number of amides is 1. The molecule has 44 heavy (non-hydrogen) atoms. The van der Waals surface area contributed by atoms with Crippen molar-refractivity contribution in [2.45, 2.75) is 68.6 Å². The van der Waals surface area contributed by atoms with E-state index < -0.39 is 26.8 Å². The minimum Gasteiger partial charge on any atom is -0.490 e. The number of aliphatic hydroxyl groups is 1. The minimum atomic E-state index is -3.95. The van der Waals surface area contributed by atoms with Crippen molar-refractivity contribution >= 4 is 33.2 Å². The molecule has 1 spiro atoms. The summed E-state index contributed by atoms with van der Waals surface area (Å²) >= 11 is 6.41. The zero-order chi connectivity index (χ0) is 31.3. The van der Waals surface area contributed by atoms with Crippen molar-refractivity contribution in [2.24, 2.45) is 17.8 Å². The van der Waals surface area contributed by atoms with Crippen LogP contribution in [0.3, 0.4) is 0 Å². The first kappa shape index (κ1) is 31.4. The van der Waals surface area contributed by atoms with Crippen molar-refractivity contribution < 1.29 is 27.8 Å². The zero-order valence-corrected chi connectivity index (χ0v) is 27.3. The highest BCUT2D eigenvalue weighted by Crippen LogP contribution is 2.49.